The number of carbonyl (C=O) groups is 1. The molecule has 8 heteroatoms. The number of carbonyl (C=O) groups excluding carboxylic acids is 1. The molecule has 0 saturated heterocycles. The van der Waals surface area contributed by atoms with E-state index in [1.54, 1.807) is 12.1 Å². The van der Waals surface area contributed by atoms with Crippen LogP contribution in [-0.2, 0) is 11.3 Å². The van der Waals surface area contributed by atoms with Gasteiger partial charge in [0.25, 0.3) is 5.56 Å². The van der Waals surface area contributed by atoms with Gasteiger partial charge in [0.1, 0.15) is 24.1 Å². The van der Waals surface area contributed by atoms with Gasteiger partial charge in [-0.15, -0.1) is 0 Å². The molecule has 4 rings (SSSR count). The van der Waals surface area contributed by atoms with Gasteiger partial charge in [0.15, 0.2) is 5.65 Å². The minimum atomic E-state index is -0.376. The highest BCUT2D eigenvalue weighted by atomic mass is 19.1. The number of fused-ring (bicyclic) bond motifs is 1. The molecule has 4 aromatic rings. The van der Waals surface area contributed by atoms with Crippen LogP contribution in [0.5, 0.6) is 0 Å². The van der Waals surface area contributed by atoms with Crippen molar-refractivity contribution in [1.29, 1.82) is 0 Å². The summed E-state index contributed by atoms with van der Waals surface area (Å²) in [5, 5.41) is 7.26. The zero-order chi connectivity index (χ0) is 20.5. The number of anilines is 1. The summed E-state index contributed by atoms with van der Waals surface area (Å²) in [6.07, 6.45) is 2.71. The molecule has 0 atom stereocenters. The second-order valence-corrected chi connectivity index (χ2v) is 6.87. The van der Waals surface area contributed by atoms with Crippen molar-refractivity contribution >= 4 is 22.6 Å². The summed E-state index contributed by atoms with van der Waals surface area (Å²) in [7, 11) is 0. The summed E-state index contributed by atoms with van der Waals surface area (Å²) >= 11 is 0. The summed E-state index contributed by atoms with van der Waals surface area (Å²) in [5.41, 5.74) is 3.30. The van der Waals surface area contributed by atoms with Gasteiger partial charge in [-0.25, -0.2) is 14.1 Å². The normalized spacial score (nSPS) is 11.0. The fourth-order valence-electron chi connectivity index (χ4n) is 3.23. The number of benzene rings is 2. The monoisotopic (exact) mass is 391 g/mol. The smallest absolute Gasteiger partial charge is 0.264 e. The first-order valence-electron chi connectivity index (χ1n) is 8.98. The molecular weight excluding hydrogens is 373 g/mol. The van der Waals surface area contributed by atoms with Crippen molar-refractivity contribution in [2.75, 3.05) is 5.32 Å². The van der Waals surface area contributed by atoms with Crippen molar-refractivity contribution in [1.82, 2.24) is 19.3 Å². The van der Waals surface area contributed by atoms with E-state index in [0.29, 0.717) is 17.0 Å². The number of hydrogen-bond donors (Lipinski definition) is 1. The third-order valence-electron chi connectivity index (χ3n) is 4.45. The number of rotatable bonds is 4. The fraction of sp³-hybridized carbons (Fsp3) is 0.143. The maximum Gasteiger partial charge on any atom is 0.264 e. The molecule has 0 radical (unpaired) electrons. The van der Waals surface area contributed by atoms with Crippen molar-refractivity contribution in [3.63, 3.8) is 0 Å². The Morgan fingerprint density at radius 3 is 2.48 bits per heavy atom. The molecule has 0 bridgehead atoms. The van der Waals surface area contributed by atoms with E-state index in [2.05, 4.69) is 15.4 Å². The van der Waals surface area contributed by atoms with Gasteiger partial charge in [0.05, 0.1) is 11.9 Å². The molecule has 0 aliphatic rings. The highest BCUT2D eigenvalue weighted by Crippen LogP contribution is 2.15. The fourth-order valence-corrected chi connectivity index (χ4v) is 3.23. The van der Waals surface area contributed by atoms with Crippen LogP contribution in [0.4, 0.5) is 10.1 Å². The van der Waals surface area contributed by atoms with Crippen LogP contribution in [-0.4, -0.2) is 25.2 Å². The molecule has 1 amide bonds. The third-order valence-corrected chi connectivity index (χ3v) is 4.45. The predicted octanol–water partition coefficient (Wildman–Crippen LogP) is 2.98. The second kappa shape index (κ2) is 7.31. The summed E-state index contributed by atoms with van der Waals surface area (Å²) in [6.45, 7) is 3.73. The van der Waals surface area contributed by atoms with Crippen molar-refractivity contribution in [2.24, 2.45) is 0 Å². The van der Waals surface area contributed by atoms with Gasteiger partial charge in [-0.05, 0) is 61.4 Å². The third kappa shape index (κ3) is 3.77. The summed E-state index contributed by atoms with van der Waals surface area (Å²) in [4.78, 5) is 29.4. The van der Waals surface area contributed by atoms with Crippen molar-refractivity contribution < 1.29 is 9.18 Å². The van der Waals surface area contributed by atoms with Crippen LogP contribution in [0.3, 0.4) is 0 Å². The molecule has 2 aromatic heterocycles. The topological polar surface area (TPSA) is 81.8 Å². The Labute approximate surface area is 165 Å². The van der Waals surface area contributed by atoms with Crippen molar-refractivity contribution in [2.45, 2.75) is 20.4 Å². The summed E-state index contributed by atoms with van der Waals surface area (Å²) in [6, 6.07) is 11.4. The van der Waals surface area contributed by atoms with Gasteiger partial charge < -0.3 is 5.32 Å². The number of aryl methyl sites for hydroxylation is 2. The Hall–Kier alpha value is -3.81. The first kappa shape index (κ1) is 18.5. The van der Waals surface area contributed by atoms with Crippen molar-refractivity contribution in [3.05, 3.63) is 82.3 Å². The van der Waals surface area contributed by atoms with E-state index in [0.717, 1.165) is 11.1 Å². The number of amides is 1. The van der Waals surface area contributed by atoms with Crippen LogP contribution < -0.4 is 10.9 Å². The first-order chi connectivity index (χ1) is 13.9. The van der Waals surface area contributed by atoms with E-state index in [4.69, 9.17) is 0 Å². The lowest BCUT2D eigenvalue weighted by atomic mass is 10.1. The molecular formula is C21H18FN5O2. The quantitative estimate of drug-likeness (QED) is 0.580. The predicted molar refractivity (Wildman–Crippen MR) is 108 cm³/mol. The Balaban J connectivity index is 1.60. The van der Waals surface area contributed by atoms with Crippen LogP contribution in [0, 0.1) is 19.7 Å². The Morgan fingerprint density at radius 2 is 1.79 bits per heavy atom. The number of halogens is 1. The molecule has 29 heavy (non-hydrogen) atoms. The lowest BCUT2D eigenvalue weighted by molar-refractivity contribution is -0.116. The van der Waals surface area contributed by atoms with E-state index in [1.807, 2.05) is 32.0 Å². The van der Waals surface area contributed by atoms with Gasteiger partial charge in [-0.3, -0.25) is 14.2 Å². The van der Waals surface area contributed by atoms with Crippen molar-refractivity contribution in [3.8, 4) is 5.69 Å². The average molecular weight is 391 g/mol. The SMILES string of the molecule is Cc1cc(C)cc(NC(=O)Cn2cnc3c(cnn3-c3ccc(F)cc3)c2=O)c1. The molecule has 0 unspecified atom stereocenters. The summed E-state index contributed by atoms with van der Waals surface area (Å²) < 4.78 is 15.8. The van der Waals surface area contributed by atoms with Gasteiger partial charge in [0, 0.05) is 5.69 Å². The van der Waals surface area contributed by atoms with Gasteiger partial charge in [-0.1, -0.05) is 6.07 Å². The van der Waals surface area contributed by atoms with Crippen LogP contribution in [0.1, 0.15) is 11.1 Å². The average Bonchev–Trinajstić information content (AvgIpc) is 3.08. The molecule has 146 valence electrons. The van der Waals surface area contributed by atoms with Crippen LogP contribution in [0.15, 0.2) is 59.8 Å². The molecule has 0 spiro atoms. The van der Waals surface area contributed by atoms with Crippen LogP contribution in [0.25, 0.3) is 16.7 Å². The van der Waals surface area contributed by atoms with E-state index < -0.39 is 0 Å². The molecule has 2 aromatic carbocycles. The molecule has 2 heterocycles. The highest BCUT2D eigenvalue weighted by Gasteiger charge is 2.13. The molecule has 0 aliphatic carbocycles. The highest BCUT2D eigenvalue weighted by molar-refractivity contribution is 5.91. The molecule has 0 fully saturated rings. The van der Waals surface area contributed by atoms with Gasteiger partial charge >= 0.3 is 0 Å². The molecule has 0 aliphatic heterocycles. The summed E-state index contributed by atoms with van der Waals surface area (Å²) in [5.74, 6) is -0.695. The van der Waals surface area contributed by atoms with E-state index in [1.165, 1.54) is 33.9 Å². The molecule has 7 nitrogen and oxygen atoms in total. The van der Waals surface area contributed by atoms with E-state index >= 15 is 0 Å². The van der Waals surface area contributed by atoms with Crippen LogP contribution in [0.2, 0.25) is 0 Å². The molecule has 1 N–H and O–H groups in total. The van der Waals surface area contributed by atoms with Gasteiger partial charge in [-0.2, -0.15) is 5.10 Å². The largest absolute Gasteiger partial charge is 0.325 e. The lowest BCUT2D eigenvalue weighted by Crippen LogP contribution is -2.27. The minimum absolute atomic E-state index is 0.170. The standard InChI is InChI=1S/C21H18FN5O2/c1-13-7-14(2)9-16(8-13)25-19(28)11-26-12-23-20-18(21(26)29)10-24-27(20)17-5-3-15(22)4-6-17/h3-10,12H,11H2,1-2H3,(H,25,28). The minimum Gasteiger partial charge on any atom is -0.325 e. The van der Waals surface area contributed by atoms with Crippen LogP contribution >= 0.6 is 0 Å². The number of nitrogens with one attached hydrogen (secondary N) is 1. The molecule has 0 saturated carbocycles. The zero-order valence-corrected chi connectivity index (χ0v) is 15.9. The number of aromatic nitrogens is 4. The Morgan fingerprint density at radius 1 is 1.10 bits per heavy atom. The Kier molecular flexibility index (Phi) is 4.67. The first-order valence-corrected chi connectivity index (χ1v) is 8.98. The maximum absolute atomic E-state index is 13.1. The lowest BCUT2D eigenvalue weighted by Gasteiger charge is -2.09. The second-order valence-electron chi connectivity index (χ2n) is 6.87. The Bertz CT molecular complexity index is 1250. The number of hydrogen-bond acceptors (Lipinski definition) is 4. The maximum atomic E-state index is 13.1. The van der Waals surface area contributed by atoms with E-state index in [9.17, 15) is 14.0 Å². The van der Waals surface area contributed by atoms with Gasteiger partial charge in [0.2, 0.25) is 5.91 Å². The zero-order valence-electron chi connectivity index (χ0n) is 15.9. The van der Waals surface area contributed by atoms with E-state index in [-0.39, 0.29) is 29.2 Å². The number of nitrogens with zero attached hydrogens (tertiary/aromatic N) is 4.